The molecule has 1 heterocycles. The fourth-order valence-electron chi connectivity index (χ4n) is 6.19. The molecule has 0 N–H and O–H groups in total. The Bertz CT molecular complexity index is 1600. The lowest BCUT2D eigenvalue weighted by Crippen LogP contribution is -2.25. The van der Waals surface area contributed by atoms with Crippen molar-refractivity contribution >= 4 is 17.0 Å². The highest BCUT2D eigenvalue weighted by Crippen LogP contribution is 2.63. The second-order valence-corrected chi connectivity index (χ2v) is 8.94. The van der Waals surface area contributed by atoms with Crippen molar-refractivity contribution in [3.63, 3.8) is 0 Å². The van der Waals surface area contributed by atoms with E-state index < -0.39 is 0 Å². The number of furan rings is 1. The number of allylic oxidation sites excluding steroid dienone is 2. The molecule has 1 aromatic heterocycles. The first-order valence-electron chi connectivity index (χ1n) is 11.4. The average molecular weight is 423 g/mol. The van der Waals surface area contributed by atoms with Gasteiger partial charge in [0.25, 0.3) is 0 Å². The van der Waals surface area contributed by atoms with Crippen molar-refractivity contribution in [2.45, 2.75) is 12.3 Å². The molecule has 5 aromatic rings. The summed E-state index contributed by atoms with van der Waals surface area (Å²) in [4.78, 5) is 0. The minimum atomic E-state index is -0.328. The standard InChI is InChI=1S/C32H22O/c1-3-4-17-29-20(2)21-18-19-28-30(31(21)33-29)24-13-7-10-16-27(24)32(28)25-14-8-5-11-22(25)23-12-6-9-15-26(23)32/h3-19H,1H2,2H3. The Morgan fingerprint density at radius 2 is 1.27 bits per heavy atom. The van der Waals surface area contributed by atoms with Crippen molar-refractivity contribution in [1.82, 2.24) is 0 Å². The molecule has 0 atom stereocenters. The van der Waals surface area contributed by atoms with Crippen LogP contribution < -0.4 is 0 Å². The summed E-state index contributed by atoms with van der Waals surface area (Å²) in [6, 6.07) is 31.2. The predicted octanol–water partition coefficient (Wildman–Crippen LogP) is 8.28. The molecule has 1 heteroatoms. The average Bonchev–Trinajstić information content (AvgIpc) is 3.46. The van der Waals surface area contributed by atoms with Crippen LogP contribution in [0.1, 0.15) is 33.6 Å². The maximum absolute atomic E-state index is 6.54. The molecular formula is C32H22O. The van der Waals surface area contributed by atoms with E-state index in [1.165, 1.54) is 49.9 Å². The Labute approximate surface area is 193 Å². The second kappa shape index (κ2) is 6.46. The van der Waals surface area contributed by atoms with E-state index in [2.05, 4.69) is 98.4 Å². The van der Waals surface area contributed by atoms with Gasteiger partial charge in [0, 0.05) is 16.5 Å². The maximum Gasteiger partial charge on any atom is 0.143 e. The third-order valence-corrected chi connectivity index (χ3v) is 7.48. The van der Waals surface area contributed by atoms with Crippen molar-refractivity contribution in [1.29, 1.82) is 0 Å². The molecule has 0 radical (unpaired) electrons. The first-order valence-corrected chi connectivity index (χ1v) is 11.4. The Kier molecular flexibility index (Phi) is 3.62. The van der Waals surface area contributed by atoms with Crippen LogP contribution in [0.15, 0.2) is 108 Å². The van der Waals surface area contributed by atoms with E-state index in [0.717, 1.165) is 16.9 Å². The van der Waals surface area contributed by atoms with Gasteiger partial charge in [-0.15, -0.1) is 0 Å². The molecule has 1 spiro atoms. The van der Waals surface area contributed by atoms with Gasteiger partial charge in [0.1, 0.15) is 11.3 Å². The van der Waals surface area contributed by atoms with Gasteiger partial charge in [-0.05, 0) is 51.9 Å². The number of rotatable bonds is 2. The first kappa shape index (κ1) is 18.5. The van der Waals surface area contributed by atoms with Crippen LogP contribution >= 0.6 is 0 Å². The van der Waals surface area contributed by atoms with Gasteiger partial charge in [0.2, 0.25) is 0 Å². The third-order valence-electron chi connectivity index (χ3n) is 7.48. The number of aryl methyl sites for hydroxylation is 1. The van der Waals surface area contributed by atoms with Gasteiger partial charge in [-0.2, -0.15) is 0 Å². The summed E-state index contributed by atoms with van der Waals surface area (Å²) in [5.74, 6) is 0.893. The molecule has 1 nitrogen and oxygen atoms in total. The van der Waals surface area contributed by atoms with Gasteiger partial charge in [-0.3, -0.25) is 0 Å². The maximum atomic E-state index is 6.54. The molecule has 2 aliphatic rings. The van der Waals surface area contributed by atoms with Gasteiger partial charge >= 0.3 is 0 Å². The zero-order chi connectivity index (χ0) is 22.2. The zero-order valence-electron chi connectivity index (χ0n) is 18.4. The normalized spacial score (nSPS) is 14.5. The van der Waals surface area contributed by atoms with E-state index in [1.54, 1.807) is 6.08 Å². The lowest BCUT2D eigenvalue weighted by atomic mass is 9.70. The number of fused-ring (bicyclic) bond motifs is 12. The molecule has 4 aromatic carbocycles. The van der Waals surface area contributed by atoms with Gasteiger partial charge in [0.15, 0.2) is 0 Å². The summed E-state index contributed by atoms with van der Waals surface area (Å²) >= 11 is 0. The summed E-state index contributed by atoms with van der Waals surface area (Å²) in [7, 11) is 0. The van der Waals surface area contributed by atoms with Gasteiger partial charge < -0.3 is 4.42 Å². The van der Waals surface area contributed by atoms with E-state index in [4.69, 9.17) is 4.42 Å². The van der Waals surface area contributed by atoms with E-state index in [0.29, 0.717) is 0 Å². The van der Waals surface area contributed by atoms with E-state index in [1.807, 2.05) is 12.2 Å². The fourth-order valence-corrected chi connectivity index (χ4v) is 6.19. The van der Waals surface area contributed by atoms with E-state index >= 15 is 0 Å². The molecule has 0 saturated carbocycles. The third kappa shape index (κ3) is 2.12. The molecule has 0 amide bonds. The quantitative estimate of drug-likeness (QED) is 0.255. The largest absolute Gasteiger partial charge is 0.456 e. The van der Waals surface area contributed by atoms with Crippen molar-refractivity contribution in [3.05, 3.63) is 137 Å². The van der Waals surface area contributed by atoms with Crippen LogP contribution in [0.3, 0.4) is 0 Å². The highest BCUT2D eigenvalue weighted by Gasteiger charge is 2.52. The molecule has 156 valence electrons. The Morgan fingerprint density at radius 1 is 0.697 bits per heavy atom. The Balaban J connectivity index is 1.67. The Hall–Kier alpha value is -4.10. The van der Waals surface area contributed by atoms with Crippen molar-refractivity contribution in [2.24, 2.45) is 0 Å². The molecule has 2 aliphatic carbocycles. The lowest BCUT2D eigenvalue weighted by Gasteiger charge is -2.30. The molecule has 0 aliphatic heterocycles. The van der Waals surface area contributed by atoms with E-state index in [-0.39, 0.29) is 5.41 Å². The molecule has 33 heavy (non-hydrogen) atoms. The number of benzene rings is 4. The molecule has 7 rings (SSSR count). The topological polar surface area (TPSA) is 13.1 Å². The molecule has 0 saturated heterocycles. The summed E-state index contributed by atoms with van der Waals surface area (Å²) in [5.41, 5.74) is 12.3. The van der Waals surface area contributed by atoms with Gasteiger partial charge in [-0.25, -0.2) is 0 Å². The zero-order valence-corrected chi connectivity index (χ0v) is 18.4. The summed E-state index contributed by atoms with van der Waals surface area (Å²) in [6.07, 6.45) is 5.73. The SMILES string of the molecule is C=CC=Cc1oc2c3c(ccc2c1C)C1(c2ccccc2-c2ccccc21)c1ccccc1-3. The van der Waals surface area contributed by atoms with E-state index in [9.17, 15) is 0 Å². The monoisotopic (exact) mass is 422 g/mol. The van der Waals surface area contributed by atoms with Crippen LogP contribution in [-0.2, 0) is 5.41 Å². The van der Waals surface area contributed by atoms with Crippen LogP contribution in [0.5, 0.6) is 0 Å². The fraction of sp³-hybridized carbons (Fsp3) is 0.0625. The van der Waals surface area contributed by atoms with Crippen LogP contribution in [0.4, 0.5) is 0 Å². The molecule has 0 fully saturated rings. The van der Waals surface area contributed by atoms with Crippen LogP contribution in [-0.4, -0.2) is 0 Å². The summed E-state index contributed by atoms with van der Waals surface area (Å²) in [6.45, 7) is 5.95. The second-order valence-electron chi connectivity index (χ2n) is 8.94. The van der Waals surface area contributed by atoms with Gasteiger partial charge in [0.05, 0.1) is 5.41 Å². The van der Waals surface area contributed by atoms with Crippen molar-refractivity contribution in [3.8, 4) is 22.3 Å². The molecular weight excluding hydrogens is 400 g/mol. The number of hydrogen-bond acceptors (Lipinski definition) is 1. The lowest BCUT2D eigenvalue weighted by molar-refractivity contribution is 0.601. The van der Waals surface area contributed by atoms with Crippen LogP contribution in [0.2, 0.25) is 0 Å². The van der Waals surface area contributed by atoms with Crippen LogP contribution in [0.25, 0.3) is 39.3 Å². The smallest absolute Gasteiger partial charge is 0.143 e. The molecule has 0 unspecified atom stereocenters. The minimum absolute atomic E-state index is 0.328. The summed E-state index contributed by atoms with van der Waals surface area (Å²) in [5, 5.41) is 1.17. The highest BCUT2D eigenvalue weighted by molar-refractivity contribution is 6.05. The molecule has 0 bridgehead atoms. The Morgan fingerprint density at radius 3 is 1.91 bits per heavy atom. The highest BCUT2D eigenvalue weighted by atomic mass is 16.3. The van der Waals surface area contributed by atoms with Crippen molar-refractivity contribution in [2.75, 3.05) is 0 Å². The van der Waals surface area contributed by atoms with Crippen molar-refractivity contribution < 1.29 is 4.42 Å². The van der Waals surface area contributed by atoms with Gasteiger partial charge in [-0.1, -0.05) is 104 Å². The first-order chi connectivity index (χ1) is 16.3. The number of hydrogen-bond donors (Lipinski definition) is 0. The summed E-state index contributed by atoms with van der Waals surface area (Å²) < 4.78 is 6.54. The minimum Gasteiger partial charge on any atom is -0.456 e. The van der Waals surface area contributed by atoms with Crippen LogP contribution in [0, 0.1) is 6.92 Å². The predicted molar refractivity (Wildman–Crippen MR) is 136 cm³/mol.